The van der Waals surface area contributed by atoms with Crippen molar-refractivity contribution in [2.24, 2.45) is 0 Å². The van der Waals surface area contributed by atoms with Gasteiger partial charge in [0.2, 0.25) is 0 Å². The van der Waals surface area contributed by atoms with E-state index in [9.17, 15) is 14.4 Å². The number of rotatable bonds is 43. The highest BCUT2D eigenvalue weighted by Gasteiger charge is 2.19. The summed E-state index contributed by atoms with van der Waals surface area (Å²) in [7, 11) is 0. The second kappa shape index (κ2) is 52.7. The van der Waals surface area contributed by atoms with Crippen LogP contribution in [-0.2, 0) is 28.6 Å². The molecule has 0 heterocycles. The number of allylic oxidation sites excluding steroid dienone is 26. The fourth-order valence-electron chi connectivity index (χ4n) is 6.15. The summed E-state index contributed by atoms with van der Waals surface area (Å²) in [5.74, 6) is -1.05. The van der Waals surface area contributed by atoms with E-state index in [1.807, 2.05) is 42.5 Å². The first-order valence-corrected chi connectivity index (χ1v) is 25.6. The van der Waals surface area contributed by atoms with Gasteiger partial charge >= 0.3 is 17.9 Å². The predicted octanol–water partition coefficient (Wildman–Crippen LogP) is 17.0. The molecule has 1 unspecified atom stereocenters. The first-order valence-electron chi connectivity index (χ1n) is 25.6. The molecule has 0 saturated heterocycles. The van der Waals surface area contributed by atoms with Crippen LogP contribution in [0.4, 0.5) is 0 Å². The van der Waals surface area contributed by atoms with Gasteiger partial charge in [-0.3, -0.25) is 14.4 Å². The Bertz CT molecular complexity index is 1560. The molecule has 66 heavy (non-hydrogen) atoms. The van der Waals surface area contributed by atoms with Gasteiger partial charge in [0, 0.05) is 19.3 Å². The highest BCUT2D eigenvalue weighted by atomic mass is 16.6. The van der Waals surface area contributed by atoms with Crippen LogP contribution in [0.5, 0.6) is 0 Å². The maximum Gasteiger partial charge on any atom is 0.306 e. The molecule has 0 saturated carbocycles. The smallest absolute Gasteiger partial charge is 0.306 e. The van der Waals surface area contributed by atoms with E-state index in [0.29, 0.717) is 19.3 Å². The fourth-order valence-corrected chi connectivity index (χ4v) is 6.15. The molecule has 0 aliphatic carbocycles. The van der Waals surface area contributed by atoms with Gasteiger partial charge in [0.15, 0.2) is 6.10 Å². The van der Waals surface area contributed by atoms with Crippen molar-refractivity contribution < 1.29 is 28.6 Å². The lowest BCUT2D eigenvalue weighted by Crippen LogP contribution is -2.30. The van der Waals surface area contributed by atoms with Gasteiger partial charge in [-0.15, -0.1) is 0 Å². The highest BCUT2D eigenvalue weighted by Crippen LogP contribution is 2.12. The molecule has 6 heteroatoms. The van der Waals surface area contributed by atoms with E-state index in [4.69, 9.17) is 14.2 Å². The van der Waals surface area contributed by atoms with Crippen molar-refractivity contribution >= 4 is 17.9 Å². The molecule has 0 aliphatic heterocycles. The van der Waals surface area contributed by atoms with Crippen LogP contribution < -0.4 is 0 Å². The zero-order valence-corrected chi connectivity index (χ0v) is 41.6. The standard InChI is InChI=1S/C60H90O6/c1-4-7-10-13-16-19-22-25-27-29-31-32-35-38-41-44-47-50-53-59(62)65-56-57(55-64-58(61)52-49-46-43-40-37-34-24-21-18-15-12-9-6-3)66-60(63)54-51-48-45-42-39-36-33-30-28-26-23-20-17-14-11-8-5-2/h8-13,15-22,24-29,31-33,36,42,45,57H,4-7,14,23,30,34-35,37-41,43-44,46-56H2,1-3H3/b11-8+,12-9+,13-10+,18-15+,19-16+,20-17+,24-21+,25-22+,28-26+,29-27+,32-31+,36-33+,45-42+. The molecule has 0 spiro atoms. The minimum absolute atomic E-state index is 0.128. The molecular weight excluding hydrogens is 817 g/mol. The third kappa shape index (κ3) is 50.0. The van der Waals surface area contributed by atoms with Crippen molar-refractivity contribution in [1.82, 2.24) is 0 Å². The molecular formula is C60H90O6. The summed E-state index contributed by atoms with van der Waals surface area (Å²) in [5.41, 5.74) is 0. The van der Waals surface area contributed by atoms with Crippen LogP contribution in [0, 0.1) is 0 Å². The van der Waals surface area contributed by atoms with Crippen LogP contribution in [0.1, 0.15) is 181 Å². The Morgan fingerprint density at radius 1 is 0.333 bits per heavy atom. The number of ether oxygens (including phenoxy) is 3. The van der Waals surface area contributed by atoms with E-state index in [1.54, 1.807) is 0 Å². The predicted molar refractivity (Wildman–Crippen MR) is 283 cm³/mol. The largest absolute Gasteiger partial charge is 0.462 e. The Morgan fingerprint density at radius 3 is 1.14 bits per heavy atom. The molecule has 0 fully saturated rings. The summed E-state index contributed by atoms with van der Waals surface area (Å²) in [5, 5.41) is 0. The van der Waals surface area contributed by atoms with Crippen molar-refractivity contribution in [2.75, 3.05) is 13.2 Å². The van der Waals surface area contributed by atoms with Gasteiger partial charge in [-0.1, -0.05) is 224 Å². The zero-order valence-electron chi connectivity index (χ0n) is 41.6. The fraction of sp³-hybridized carbons (Fsp3) is 0.517. The maximum absolute atomic E-state index is 12.8. The minimum atomic E-state index is -0.835. The lowest BCUT2D eigenvalue weighted by molar-refractivity contribution is -0.167. The van der Waals surface area contributed by atoms with Crippen molar-refractivity contribution in [3.63, 3.8) is 0 Å². The van der Waals surface area contributed by atoms with Crippen LogP contribution in [0.15, 0.2) is 158 Å². The Kier molecular flexibility index (Phi) is 48.7. The third-order valence-corrected chi connectivity index (χ3v) is 9.92. The summed E-state index contributed by atoms with van der Waals surface area (Å²) in [6.07, 6.45) is 76.5. The van der Waals surface area contributed by atoms with Gasteiger partial charge < -0.3 is 14.2 Å². The van der Waals surface area contributed by atoms with E-state index in [0.717, 1.165) is 128 Å². The Balaban J connectivity index is 4.61. The van der Waals surface area contributed by atoms with E-state index in [2.05, 4.69) is 136 Å². The Labute approximate surface area is 403 Å². The normalized spacial score (nSPS) is 13.4. The zero-order chi connectivity index (χ0) is 47.9. The number of carbonyl (C=O) groups is 3. The first kappa shape index (κ1) is 61.0. The van der Waals surface area contributed by atoms with Gasteiger partial charge in [0.25, 0.3) is 0 Å². The van der Waals surface area contributed by atoms with E-state index >= 15 is 0 Å². The van der Waals surface area contributed by atoms with Gasteiger partial charge in [-0.05, 0) is 96.3 Å². The summed E-state index contributed by atoms with van der Waals surface area (Å²) >= 11 is 0. The maximum atomic E-state index is 12.8. The molecule has 0 radical (unpaired) electrons. The van der Waals surface area contributed by atoms with Gasteiger partial charge in [-0.25, -0.2) is 0 Å². The van der Waals surface area contributed by atoms with Crippen LogP contribution in [0.3, 0.4) is 0 Å². The summed E-state index contributed by atoms with van der Waals surface area (Å²) in [6, 6.07) is 0. The van der Waals surface area contributed by atoms with E-state index in [1.165, 1.54) is 6.42 Å². The van der Waals surface area contributed by atoms with Crippen molar-refractivity contribution in [3.05, 3.63) is 158 Å². The minimum Gasteiger partial charge on any atom is -0.462 e. The van der Waals surface area contributed by atoms with Crippen LogP contribution in [0.2, 0.25) is 0 Å². The molecule has 0 amide bonds. The first-order chi connectivity index (χ1) is 32.5. The number of unbranched alkanes of at least 4 members (excludes halogenated alkanes) is 12. The van der Waals surface area contributed by atoms with Crippen LogP contribution in [-0.4, -0.2) is 37.2 Å². The van der Waals surface area contributed by atoms with Crippen molar-refractivity contribution in [2.45, 2.75) is 187 Å². The Morgan fingerprint density at radius 2 is 0.682 bits per heavy atom. The highest BCUT2D eigenvalue weighted by molar-refractivity contribution is 5.71. The third-order valence-electron chi connectivity index (χ3n) is 9.92. The van der Waals surface area contributed by atoms with E-state index < -0.39 is 6.10 Å². The monoisotopic (exact) mass is 907 g/mol. The Hall–Kier alpha value is -4.97. The molecule has 0 rings (SSSR count). The topological polar surface area (TPSA) is 78.9 Å². The molecule has 0 N–H and O–H groups in total. The van der Waals surface area contributed by atoms with Gasteiger partial charge in [-0.2, -0.15) is 0 Å². The second-order valence-electron chi connectivity index (χ2n) is 16.1. The number of carbonyl (C=O) groups excluding carboxylic acids is 3. The quantitative estimate of drug-likeness (QED) is 0.0199. The average Bonchev–Trinajstić information content (AvgIpc) is 3.31. The van der Waals surface area contributed by atoms with Crippen LogP contribution in [0.25, 0.3) is 0 Å². The second-order valence-corrected chi connectivity index (χ2v) is 16.1. The summed E-state index contributed by atoms with van der Waals surface area (Å²) in [4.78, 5) is 38.0. The van der Waals surface area contributed by atoms with Gasteiger partial charge in [0.05, 0.1) is 0 Å². The van der Waals surface area contributed by atoms with Crippen molar-refractivity contribution in [1.29, 1.82) is 0 Å². The average molecular weight is 907 g/mol. The van der Waals surface area contributed by atoms with Crippen LogP contribution >= 0.6 is 0 Å². The van der Waals surface area contributed by atoms with E-state index in [-0.39, 0.29) is 37.5 Å². The number of hydrogen-bond donors (Lipinski definition) is 0. The molecule has 0 aromatic heterocycles. The molecule has 6 nitrogen and oxygen atoms in total. The molecule has 1 atom stereocenters. The van der Waals surface area contributed by atoms with Crippen molar-refractivity contribution in [3.8, 4) is 0 Å². The molecule has 0 bridgehead atoms. The lowest BCUT2D eigenvalue weighted by Gasteiger charge is -2.18. The summed E-state index contributed by atoms with van der Waals surface area (Å²) < 4.78 is 16.7. The molecule has 366 valence electrons. The molecule has 0 aromatic rings. The molecule has 0 aromatic carbocycles. The number of esters is 3. The molecule has 0 aliphatic rings. The summed E-state index contributed by atoms with van der Waals surface area (Å²) in [6.45, 7) is 6.18. The number of hydrogen-bond acceptors (Lipinski definition) is 6. The lowest BCUT2D eigenvalue weighted by atomic mass is 10.1. The van der Waals surface area contributed by atoms with Gasteiger partial charge in [0.1, 0.15) is 13.2 Å². The SMILES string of the molecule is CC/C=C/C=C/C=C/CCCCCCCC(=O)OCC(COC(=O)CCCCCCC/C=C/C=C/C=C/C=C/C=C/CCC)OC(=O)CCC/C=C/C/C=C/C/C=C/C/C=C/C/C=C/CC.